The molecule has 0 radical (unpaired) electrons. The van der Waals surface area contributed by atoms with E-state index < -0.39 is 0 Å². The Bertz CT molecular complexity index is 409. The van der Waals surface area contributed by atoms with Gasteiger partial charge < -0.3 is 10.2 Å². The Labute approximate surface area is 125 Å². The second-order valence-electron chi connectivity index (χ2n) is 5.81. The van der Waals surface area contributed by atoms with Crippen molar-refractivity contribution in [1.29, 1.82) is 0 Å². The second kappa shape index (κ2) is 6.76. The third-order valence-corrected chi connectivity index (χ3v) is 4.61. The highest BCUT2D eigenvalue weighted by Crippen LogP contribution is 2.32. The number of halogens is 1. The fourth-order valence-corrected chi connectivity index (χ4v) is 3.06. The van der Waals surface area contributed by atoms with Crippen LogP contribution in [0.4, 0.5) is 5.69 Å². The molecule has 1 heterocycles. The van der Waals surface area contributed by atoms with E-state index in [9.17, 15) is 0 Å². The lowest BCUT2D eigenvalue weighted by atomic mass is 10.0. The highest BCUT2D eigenvalue weighted by Gasteiger charge is 2.27. The Balaban J connectivity index is 2.15. The lowest BCUT2D eigenvalue weighted by molar-refractivity contribution is 0.494. The van der Waals surface area contributed by atoms with E-state index in [4.69, 9.17) is 0 Å². The highest BCUT2D eigenvalue weighted by atomic mass is 79.9. The summed E-state index contributed by atoms with van der Waals surface area (Å²) in [5.41, 5.74) is 2.81. The summed E-state index contributed by atoms with van der Waals surface area (Å²) in [6, 6.07) is 6.67. The van der Waals surface area contributed by atoms with Crippen LogP contribution in [-0.4, -0.2) is 19.6 Å². The van der Waals surface area contributed by atoms with Crippen LogP contribution in [0.15, 0.2) is 22.7 Å². The van der Waals surface area contributed by atoms with Gasteiger partial charge in [-0.05, 0) is 42.5 Å². The molecule has 0 spiro atoms. The smallest absolute Gasteiger partial charge is 0.0423 e. The van der Waals surface area contributed by atoms with Gasteiger partial charge >= 0.3 is 0 Å². The molecule has 1 aromatic carbocycles. The normalized spacial score (nSPS) is 23.1. The average molecular weight is 325 g/mol. The highest BCUT2D eigenvalue weighted by molar-refractivity contribution is 9.10. The summed E-state index contributed by atoms with van der Waals surface area (Å²) >= 11 is 3.61. The number of nitrogens with one attached hydrogen (secondary N) is 1. The summed E-state index contributed by atoms with van der Waals surface area (Å²) in [5, 5.41) is 3.52. The second-order valence-corrected chi connectivity index (χ2v) is 6.73. The minimum atomic E-state index is 0.787. The first-order valence-corrected chi connectivity index (χ1v) is 8.15. The molecule has 19 heavy (non-hydrogen) atoms. The molecule has 0 aliphatic carbocycles. The maximum Gasteiger partial charge on any atom is 0.0423 e. The van der Waals surface area contributed by atoms with E-state index in [1.54, 1.807) is 0 Å². The van der Waals surface area contributed by atoms with Gasteiger partial charge in [0.05, 0.1) is 0 Å². The van der Waals surface area contributed by atoms with Crippen LogP contribution >= 0.6 is 15.9 Å². The van der Waals surface area contributed by atoms with Gasteiger partial charge in [0.25, 0.3) is 0 Å². The largest absolute Gasteiger partial charge is 0.371 e. The number of rotatable bonds is 5. The molecular weight excluding hydrogens is 300 g/mol. The monoisotopic (exact) mass is 324 g/mol. The van der Waals surface area contributed by atoms with E-state index in [0.717, 1.165) is 24.9 Å². The third-order valence-electron chi connectivity index (χ3n) is 4.12. The van der Waals surface area contributed by atoms with Crippen LogP contribution in [0.1, 0.15) is 32.8 Å². The van der Waals surface area contributed by atoms with Gasteiger partial charge in [0.1, 0.15) is 0 Å². The van der Waals surface area contributed by atoms with Crippen molar-refractivity contribution in [1.82, 2.24) is 5.32 Å². The van der Waals surface area contributed by atoms with Crippen molar-refractivity contribution in [2.75, 3.05) is 24.5 Å². The van der Waals surface area contributed by atoms with Gasteiger partial charge in [0.15, 0.2) is 0 Å². The van der Waals surface area contributed by atoms with Crippen molar-refractivity contribution >= 4 is 21.6 Å². The Hall–Kier alpha value is -0.540. The van der Waals surface area contributed by atoms with Crippen molar-refractivity contribution in [3.8, 4) is 0 Å². The van der Waals surface area contributed by atoms with Crippen LogP contribution in [0.25, 0.3) is 0 Å². The molecular formula is C16H25BrN2. The summed E-state index contributed by atoms with van der Waals surface area (Å²) < 4.78 is 1.17. The van der Waals surface area contributed by atoms with Crippen LogP contribution in [0.3, 0.4) is 0 Å². The van der Waals surface area contributed by atoms with Gasteiger partial charge in [0, 0.05) is 29.8 Å². The van der Waals surface area contributed by atoms with Gasteiger partial charge in [-0.1, -0.05) is 42.8 Å². The van der Waals surface area contributed by atoms with E-state index in [2.05, 4.69) is 65.1 Å². The molecule has 1 saturated heterocycles. The molecule has 2 unspecified atom stereocenters. The van der Waals surface area contributed by atoms with Gasteiger partial charge in [-0.15, -0.1) is 0 Å². The number of nitrogens with zero attached hydrogens (tertiary/aromatic N) is 1. The molecule has 0 bridgehead atoms. The minimum absolute atomic E-state index is 0.787. The standard InChI is InChI=1S/C16H25BrN2/c1-4-7-18-9-14-5-6-15(17)8-16(14)19-10-12(2)13(3)11-19/h5-6,8,12-13,18H,4,7,9-11H2,1-3H3. The number of benzene rings is 1. The summed E-state index contributed by atoms with van der Waals surface area (Å²) in [6.07, 6.45) is 1.18. The van der Waals surface area contributed by atoms with E-state index in [-0.39, 0.29) is 0 Å². The maximum atomic E-state index is 3.61. The summed E-state index contributed by atoms with van der Waals surface area (Å²) in [7, 11) is 0. The molecule has 1 N–H and O–H groups in total. The SMILES string of the molecule is CCCNCc1ccc(Br)cc1N1CC(C)C(C)C1. The Morgan fingerprint density at radius 2 is 1.95 bits per heavy atom. The first kappa shape index (κ1) is 14.9. The number of hydrogen-bond acceptors (Lipinski definition) is 2. The maximum absolute atomic E-state index is 3.61. The molecule has 2 nitrogen and oxygen atoms in total. The van der Waals surface area contributed by atoms with Crippen molar-refractivity contribution in [3.63, 3.8) is 0 Å². The molecule has 1 aromatic rings. The quantitative estimate of drug-likeness (QED) is 0.822. The van der Waals surface area contributed by atoms with Gasteiger partial charge in [0.2, 0.25) is 0 Å². The lowest BCUT2D eigenvalue weighted by Gasteiger charge is -2.22. The summed E-state index contributed by atoms with van der Waals surface area (Å²) in [4.78, 5) is 2.54. The molecule has 3 heteroatoms. The summed E-state index contributed by atoms with van der Waals surface area (Å²) in [5.74, 6) is 1.57. The zero-order chi connectivity index (χ0) is 13.8. The van der Waals surface area contributed by atoms with Crippen molar-refractivity contribution < 1.29 is 0 Å². The van der Waals surface area contributed by atoms with E-state index in [1.165, 1.54) is 35.2 Å². The van der Waals surface area contributed by atoms with Crippen LogP contribution in [0, 0.1) is 11.8 Å². The van der Waals surface area contributed by atoms with Gasteiger partial charge in [-0.3, -0.25) is 0 Å². The Kier molecular flexibility index (Phi) is 5.28. The zero-order valence-corrected chi connectivity index (χ0v) is 13.8. The molecule has 1 aliphatic rings. The fraction of sp³-hybridized carbons (Fsp3) is 0.625. The Morgan fingerprint density at radius 1 is 1.26 bits per heavy atom. The predicted molar refractivity (Wildman–Crippen MR) is 86.7 cm³/mol. The Morgan fingerprint density at radius 3 is 2.58 bits per heavy atom. The van der Waals surface area contributed by atoms with Crippen LogP contribution in [0.2, 0.25) is 0 Å². The number of anilines is 1. The number of hydrogen-bond donors (Lipinski definition) is 1. The third kappa shape index (κ3) is 3.73. The zero-order valence-electron chi connectivity index (χ0n) is 12.2. The van der Waals surface area contributed by atoms with Crippen molar-refractivity contribution in [2.24, 2.45) is 11.8 Å². The molecule has 0 aromatic heterocycles. The molecule has 0 amide bonds. The molecule has 2 rings (SSSR count). The van der Waals surface area contributed by atoms with Gasteiger partial charge in [-0.2, -0.15) is 0 Å². The van der Waals surface area contributed by atoms with Crippen molar-refractivity contribution in [3.05, 3.63) is 28.2 Å². The molecule has 106 valence electrons. The first-order valence-electron chi connectivity index (χ1n) is 7.36. The van der Waals surface area contributed by atoms with E-state index in [0.29, 0.717) is 0 Å². The fourth-order valence-electron chi connectivity index (χ4n) is 2.71. The van der Waals surface area contributed by atoms with Crippen molar-refractivity contribution in [2.45, 2.75) is 33.7 Å². The van der Waals surface area contributed by atoms with E-state index >= 15 is 0 Å². The molecule has 2 atom stereocenters. The van der Waals surface area contributed by atoms with E-state index in [1.807, 2.05) is 0 Å². The molecule has 0 saturated carbocycles. The molecule has 1 fully saturated rings. The lowest BCUT2D eigenvalue weighted by Crippen LogP contribution is -2.23. The van der Waals surface area contributed by atoms with Gasteiger partial charge in [-0.25, -0.2) is 0 Å². The summed E-state index contributed by atoms with van der Waals surface area (Å²) in [6.45, 7) is 11.3. The molecule has 1 aliphatic heterocycles. The average Bonchev–Trinajstić information content (AvgIpc) is 2.71. The minimum Gasteiger partial charge on any atom is -0.371 e. The predicted octanol–water partition coefficient (Wildman–Crippen LogP) is 4.04. The van der Waals surface area contributed by atoms with Crippen LogP contribution in [0.5, 0.6) is 0 Å². The first-order chi connectivity index (χ1) is 9.11. The van der Waals surface area contributed by atoms with Crippen LogP contribution < -0.4 is 10.2 Å². The topological polar surface area (TPSA) is 15.3 Å². The van der Waals surface area contributed by atoms with Crippen LogP contribution in [-0.2, 0) is 6.54 Å².